The summed E-state index contributed by atoms with van der Waals surface area (Å²) >= 11 is 1.40. The molecule has 1 atom stereocenters. The molecule has 0 radical (unpaired) electrons. The van der Waals surface area contributed by atoms with E-state index in [0.29, 0.717) is 11.3 Å². The van der Waals surface area contributed by atoms with Gasteiger partial charge in [0.25, 0.3) is 5.91 Å². The molecule has 28 heavy (non-hydrogen) atoms. The van der Waals surface area contributed by atoms with Crippen molar-refractivity contribution in [1.82, 2.24) is 14.9 Å². The van der Waals surface area contributed by atoms with E-state index in [9.17, 15) is 9.18 Å². The zero-order valence-corrected chi connectivity index (χ0v) is 15.6. The predicted octanol–water partition coefficient (Wildman–Crippen LogP) is 2.84. The van der Waals surface area contributed by atoms with Gasteiger partial charge in [-0.3, -0.25) is 14.7 Å². The van der Waals surface area contributed by atoms with Crippen LogP contribution in [0.3, 0.4) is 0 Å². The normalized spacial score (nSPS) is 19.2. The van der Waals surface area contributed by atoms with Crippen molar-refractivity contribution in [2.24, 2.45) is 10.7 Å². The average molecular weight is 399 g/mol. The summed E-state index contributed by atoms with van der Waals surface area (Å²) in [7, 11) is 1.45. The predicted molar refractivity (Wildman–Crippen MR) is 102 cm³/mol. The van der Waals surface area contributed by atoms with Gasteiger partial charge in [0, 0.05) is 23.6 Å². The van der Waals surface area contributed by atoms with Crippen LogP contribution in [0.2, 0.25) is 0 Å². The molecule has 142 valence electrons. The zero-order chi connectivity index (χ0) is 19.9. The Kier molecular flexibility index (Phi) is 4.38. The second-order valence-corrected chi connectivity index (χ2v) is 6.98. The standard InChI is InChI=1S/C19H15F2N5OS/c1-26-17(27)19(25-18(26)22,16-4-2-3-12(8-20)24-16)13-7-11(5-6-14(13)21)15-9-28-10-23-15/h2-7,9-10H,8H2,1H3,(H2,22,25). The van der Waals surface area contributed by atoms with Gasteiger partial charge in [-0.1, -0.05) is 6.07 Å². The van der Waals surface area contributed by atoms with Crippen LogP contribution in [0.15, 0.2) is 52.3 Å². The van der Waals surface area contributed by atoms with E-state index in [2.05, 4.69) is 15.0 Å². The van der Waals surface area contributed by atoms with Crippen LogP contribution in [0.5, 0.6) is 0 Å². The lowest BCUT2D eigenvalue weighted by molar-refractivity contribution is -0.129. The van der Waals surface area contributed by atoms with E-state index in [0.717, 1.165) is 4.90 Å². The molecule has 1 aromatic carbocycles. The maximum atomic E-state index is 15.0. The van der Waals surface area contributed by atoms with Crippen molar-refractivity contribution in [2.75, 3.05) is 7.05 Å². The molecule has 0 bridgehead atoms. The van der Waals surface area contributed by atoms with E-state index in [1.807, 2.05) is 5.38 Å². The molecule has 0 fully saturated rings. The third kappa shape index (κ3) is 2.66. The van der Waals surface area contributed by atoms with E-state index < -0.39 is 23.9 Å². The van der Waals surface area contributed by atoms with Crippen LogP contribution in [0.1, 0.15) is 17.0 Å². The quantitative estimate of drug-likeness (QED) is 0.731. The number of benzene rings is 1. The number of halogens is 2. The molecule has 1 unspecified atom stereocenters. The number of hydrogen-bond acceptors (Lipinski definition) is 6. The third-order valence-electron chi connectivity index (χ3n) is 4.64. The second-order valence-electron chi connectivity index (χ2n) is 6.26. The first-order chi connectivity index (χ1) is 13.5. The Morgan fingerprint density at radius 1 is 1.29 bits per heavy atom. The summed E-state index contributed by atoms with van der Waals surface area (Å²) in [5.41, 5.74) is 7.18. The molecule has 1 aliphatic rings. The lowest BCUT2D eigenvalue weighted by Crippen LogP contribution is -2.42. The number of carbonyl (C=O) groups is 1. The molecule has 1 aliphatic heterocycles. The van der Waals surface area contributed by atoms with Gasteiger partial charge < -0.3 is 5.73 Å². The highest BCUT2D eigenvalue weighted by atomic mass is 32.1. The lowest BCUT2D eigenvalue weighted by Gasteiger charge is -2.26. The summed E-state index contributed by atoms with van der Waals surface area (Å²) in [5, 5.41) is 1.81. The van der Waals surface area contributed by atoms with Gasteiger partial charge in [-0.2, -0.15) is 0 Å². The number of aromatic nitrogens is 2. The van der Waals surface area contributed by atoms with Crippen molar-refractivity contribution in [1.29, 1.82) is 0 Å². The number of likely N-dealkylation sites (N-methyl/N-ethyl adjacent to an activating group) is 1. The van der Waals surface area contributed by atoms with Crippen molar-refractivity contribution in [3.05, 3.63) is 70.1 Å². The monoisotopic (exact) mass is 399 g/mol. The third-order valence-corrected chi connectivity index (χ3v) is 5.23. The van der Waals surface area contributed by atoms with Gasteiger partial charge in [-0.25, -0.2) is 18.8 Å². The van der Waals surface area contributed by atoms with Crippen molar-refractivity contribution in [2.45, 2.75) is 12.2 Å². The Morgan fingerprint density at radius 2 is 2.11 bits per heavy atom. The number of hydrogen-bond donors (Lipinski definition) is 1. The number of carbonyl (C=O) groups excluding carboxylic acids is 1. The van der Waals surface area contributed by atoms with E-state index >= 15 is 4.39 Å². The molecule has 3 aromatic rings. The van der Waals surface area contributed by atoms with Crippen molar-refractivity contribution in [3.8, 4) is 11.3 Å². The molecule has 0 saturated carbocycles. The topological polar surface area (TPSA) is 84.5 Å². The van der Waals surface area contributed by atoms with E-state index in [-0.39, 0.29) is 22.9 Å². The van der Waals surface area contributed by atoms with Crippen LogP contribution < -0.4 is 5.73 Å². The molecular weight excluding hydrogens is 384 g/mol. The second kappa shape index (κ2) is 6.75. The highest BCUT2D eigenvalue weighted by Crippen LogP contribution is 2.41. The summed E-state index contributed by atoms with van der Waals surface area (Å²) in [6.07, 6.45) is 0. The number of nitrogens with zero attached hydrogens (tertiary/aromatic N) is 4. The molecule has 3 heterocycles. The number of thiazole rings is 1. The van der Waals surface area contributed by atoms with Crippen LogP contribution >= 0.6 is 11.3 Å². The minimum absolute atomic E-state index is 0.0150. The van der Waals surface area contributed by atoms with Gasteiger partial charge in [0.1, 0.15) is 12.5 Å². The Hall–Kier alpha value is -3.20. The molecule has 4 rings (SSSR count). The number of pyridine rings is 1. The fourth-order valence-electron chi connectivity index (χ4n) is 3.19. The Morgan fingerprint density at radius 3 is 2.75 bits per heavy atom. The zero-order valence-electron chi connectivity index (χ0n) is 14.8. The smallest absolute Gasteiger partial charge is 0.268 e. The molecule has 1 amide bonds. The maximum Gasteiger partial charge on any atom is 0.268 e. The van der Waals surface area contributed by atoms with Gasteiger partial charge in [-0.15, -0.1) is 11.3 Å². The van der Waals surface area contributed by atoms with Crippen molar-refractivity contribution in [3.63, 3.8) is 0 Å². The van der Waals surface area contributed by atoms with Crippen LogP contribution in [0.25, 0.3) is 11.3 Å². The molecule has 2 N–H and O–H groups in total. The summed E-state index contributed by atoms with van der Waals surface area (Å²) in [6.45, 7) is -0.825. The van der Waals surface area contributed by atoms with Gasteiger partial charge >= 0.3 is 0 Å². The van der Waals surface area contributed by atoms with E-state index in [1.54, 1.807) is 17.6 Å². The van der Waals surface area contributed by atoms with Crippen LogP contribution in [-0.4, -0.2) is 33.8 Å². The number of alkyl halides is 1. The minimum Gasteiger partial charge on any atom is -0.369 e. The molecular formula is C19H15F2N5OS. The largest absolute Gasteiger partial charge is 0.369 e. The first-order valence-corrected chi connectivity index (χ1v) is 9.26. The van der Waals surface area contributed by atoms with Crippen LogP contribution in [0, 0.1) is 5.82 Å². The molecule has 9 heteroatoms. The molecule has 0 aliphatic carbocycles. The Bertz CT molecular complexity index is 1090. The molecule has 0 spiro atoms. The minimum atomic E-state index is -1.83. The van der Waals surface area contributed by atoms with Gasteiger partial charge in [0.15, 0.2) is 5.96 Å². The first-order valence-electron chi connectivity index (χ1n) is 8.32. The maximum absolute atomic E-state index is 15.0. The van der Waals surface area contributed by atoms with Crippen LogP contribution in [-0.2, 0) is 17.0 Å². The fourth-order valence-corrected chi connectivity index (χ4v) is 3.76. The van der Waals surface area contributed by atoms with Crippen LogP contribution in [0.4, 0.5) is 8.78 Å². The highest BCUT2D eigenvalue weighted by Gasteiger charge is 2.52. The van der Waals surface area contributed by atoms with Crippen molar-refractivity contribution >= 4 is 23.2 Å². The first kappa shape index (κ1) is 18.2. The SMILES string of the molecule is CN1C(=O)C(c2cccc(CF)n2)(c2cc(-c3cscn3)ccc2F)N=C1N. The number of amides is 1. The number of nitrogens with two attached hydrogens (primary N) is 1. The summed E-state index contributed by atoms with van der Waals surface area (Å²) in [6, 6.07) is 8.89. The van der Waals surface area contributed by atoms with E-state index in [1.165, 1.54) is 42.6 Å². The number of rotatable bonds is 4. The fraction of sp³-hybridized carbons (Fsp3) is 0.158. The Labute approximate surface area is 163 Å². The summed E-state index contributed by atoms with van der Waals surface area (Å²) < 4.78 is 28.2. The summed E-state index contributed by atoms with van der Waals surface area (Å²) in [5.74, 6) is -1.29. The molecule has 0 saturated heterocycles. The summed E-state index contributed by atoms with van der Waals surface area (Å²) in [4.78, 5) is 27.1. The number of aliphatic imine (C=N–C) groups is 1. The average Bonchev–Trinajstić information content (AvgIpc) is 3.32. The Balaban J connectivity index is 2.01. The highest BCUT2D eigenvalue weighted by molar-refractivity contribution is 7.07. The van der Waals surface area contributed by atoms with E-state index in [4.69, 9.17) is 5.73 Å². The van der Waals surface area contributed by atoms with Crippen molar-refractivity contribution < 1.29 is 13.6 Å². The van der Waals surface area contributed by atoms with Gasteiger partial charge in [0.05, 0.1) is 22.6 Å². The lowest BCUT2D eigenvalue weighted by atomic mass is 9.84. The molecule has 2 aromatic heterocycles. The number of guanidine groups is 1. The van der Waals surface area contributed by atoms with Gasteiger partial charge in [-0.05, 0) is 30.3 Å². The van der Waals surface area contributed by atoms with Gasteiger partial charge in [0.2, 0.25) is 5.54 Å². The molecule has 6 nitrogen and oxygen atoms in total.